The van der Waals surface area contributed by atoms with Crippen molar-refractivity contribution in [2.75, 3.05) is 0 Å². The Balaban J connectivity index is 1.66. The van der Waals surface area contributed by atoms with Gasteiger partial charge in [0, 0.05) is 18.8 Å². The summed E-state index contributed by atoms with van der Waals surface area (Å²) in [5.74, 6) is 0. The lowest BCUT2D eigenvalue weighted by atomic mass is 10.1. The Morgan fingerprint density at radius 3 is 2.57 bits per heavy atom. The van der Waals surface area contributed by atoms with Gasteiger partial charge in [-0.05, 0) is 23.3 Å². The molecule has 2 aromatic heterocycles. The van der Waals surface area contributed by atoms with E-state index >= 15 is 0 Å². The van der Waals surface area contributed by atoms with Crippen LogP contribution in [-0.2, 0) is 13.6 Å². The number of hydrogen-bond acceptors (Lipinski definition) is 3. The molecule has 23 heavy (non-hydrogen) atoms. The van der Waals surface area contributed by atoms with Gasteiger partial charge in [-0.2, -0.15) is 5.10 Å². The minimum Gasteiger partial charge on any atom is -0.294 e. The zero-order valence-electron chi connectivity index (χ0n) is 12.6. The first kappa shape index (κ1) is 14.0. The molecule has 5 heteroatoms. The molecule has 0 aliphatic rings. The van der Waals surface area contributed by atoms with Crippen LogP contribution in [0.3, 0.4) is 0 Å². The Bertz CT molecular complexity index is 1020. The van der Waals surface area contributed by atoms with Gasteiger partial charge >= 0.3 is 4.87 Å². The normalized spacial score (nSPS) is 11.2. The largest absolute Gasteiger partial charge is 0.308 e. The van der Waals surface area contributed by atoms with E-state index in [4.69, 9.17) is 0 Å². The van der Waals surface area contributed by atoms with Crippen molar-refractivity contribution in [2.24, 2.45) is 7.05 Å². The molecule has 0 radical (unpaired) electrons. The van der Waals surface area contributed by atoms with E-state index in [1.54, 1.807) is 4.68 Å². The molecule has 0 saturated carbocycles. The second kappa shape index (κ2) is 5.52. The third kappa shape index (κ3) is 2.59. The van der Waals surface area contributed by atoms with E-state index in [1.807, 2.05) is 48.3 Å². The number of para-hydroxylation sites is 1. The Morgan fingerprint density at radius 1 is 1.04 bits per heavy atom. The van der Waals surface area contributed by atoms with Gasteiger partial charge in [-0.15, -0.1) is 0 Å². The minimum atomic E-state index is 0.0857. The number of nitrogens with zero attached hydrogens (tertiary/aromatic N) is 3. The fourth-order valence-corrected chi connectivity index (χ4v) is 3.61. The van der Waals surface area contributed by atoms with Crippen LogP contribution >= 0.6 is 11.3 Å². The number of thiazole rings is 1. The molecule has 0 atom stereocenters. The third-order valence-electron chi connectivity index (χ3n) is 3.91. The second-order valence-electron chi connectivity index (χ2n) is 5.52. The van der Waals surface area contributed by atoms with Crippen LogP contribution in [0.1, 0.15) is 5.56 Å². The summed E-state index contributed by atoms with van der Waals surface area (Å²) in [5.41, 5.74) is 4.34. The molecule has 2 heterocycles. The molecule has 0 aliphatic heterocycles. The van der Waals surface area contributed by atoms with Crippen molar-refractivity contribution in [3.05, 3.63) is 76.2 Å². The van der Waals surface area contributed by atoms with Gasteiger partial charge in [-0.1, -0.05) is 47.7 Å². The van der Waals surface area contributed by atoms with E-state index < -0.39 is 0 Å². The van der Waals surface area contributed by atoms with Gasteiger partial charge in [0.15, 0.2) is 0 Å². The summed E-state index contributed by atoms with van der Waals surface area (Å²) in [4.78, 5) is 12.3. The summed E-state index contributed by atoms with van der Waals surface area (Å²) in [6, 6.07) is 16.2. The molecule has 0 N–H and O–H groups in total. The van der Waals surface area contributed by atoms with E-state index in [0.717, 1.165) is 26.9 Å². The zero-order valence-corrected chi connectivity index (χ0v) is 13.5. The van der Waals surface area contributed by atoms with Crippen LogP contribution < -0.4 is 4.87 Å². The maximum atomic E-state index is 12.2. The van der Waals surface area contributed by atoms with Crippen molar-refractivity contribution < 1.29 is 0 Å². The highest BCUT2D eigenvalue weighted by molar-refractivity contribution is 7.16. The van der Waals surface area contributed by atoms with Gasteiger partial charge in [0.2, 0.25) is 0 Å². The molecule has 0 bridgehead atoms. The molecule has 2 aromatic carbocycles. The topological polar surface area (TPSA) is 39.8 Å². The van der Waals surface area contributed by atoms with Gasteiger partial charge in [-0.3, -0.25) is 14.0 Å². The van der Waals surface area contributed by atoms with E-state index in [1.165, 1.54) is 11.3 Å². The molecule has 0 aliphatic carbocycles. The number of aryl methyl sites for hydroxylation is 1. The number of rotatable bonds is 3. The molecule has 0 unspecified atom stereocenters. The van der Waals surface area contributed by atoms with Gasteiger partial charge in [-0.25, -0.2) is 0 Å². The number of fused-ring (bicyclic) bond motifs is 1. The standard InChI is InChI=1S/C18H15N3OS/c1-20-12-15(10-19-20)14-8-6-13(7-9-14)11-21-16-4-2-3-5-17(16)23-18(21)22/h2-10,12H,11H2,1H3. The molecule has 0 fully saturated rings. The van der Waals surface area contributed by atoms with Crippen LogP contribution in [0.4, 0.5) is 0 Å². The molecule has 0 spiro atoms. The van der Waals surface area contributed by atoms with E-state index in [0.29, 0.717) is 6.54 Å². The quantitative estimate of drug-likeness (QED) is 0.579. The summed E-state index contributed by atoms with van der Waals surface area (Å²) in [6.07, 6.45) is 3.85. The lowest BCUT2D eigenvalue weighted by Gasteiger charge is -2.05. The lowest BCUT2D eigenvalue weighted by Crippen LogP contribution is -2.13. The fraction of sp³-hybridized carbons (Fsp3) is 0.111. The number of benzene rings is 2. The Hall–Kier alpha value is -2.66. The Labute approximate surface area is 137 Å². The molecular weight excluding hydrogens is 306 g/mol. The van der Waals surface area contributed by atoms with E-state index in [-0.39, 0.29) is 4.87 Å². The van der Waals surface area contributed by atoms with Gasteiger partial charge in [0.05, 0.1) is 23.0 Å². The Kier molecular flexibility index (Phi) is 3.35. The van der Waals surface area contributed by atoms with Crippen LogP contribution in [0, 0.1) is 0 Å². The summed E-state index contributed by atoms with van der Waals surface area (Å²) in [7, 11) is 1.91. The van der Waals surface area contributed by atoms with Gasteiger partial charge < -0.3 is 0 Å². The molecule has 0 saturated heterocycles. The zero-order chi connectivity index (χ0) is 15.8. The first-order chi connectivity index (χ1) is 11.2. The fourth-order valence-electron chi connectivity index (χ4n) is 2.72. The summed E-state index contributed by atoms with van der Waals surface area (Å²) in [6.45, 7) is 0.593. The first-order valence-corrected chi connectivity index (χ1v) is 8.19. The third-order valence-corrected chi connectivity index (χ3v) is 4.87. The van der Waals surface area contributed by atoms with Crippen LogP contribution in [0.25, 0.3) is 21.3 Å². The van der Waals surface area contributed by atoms with Crippen molar-refractivity contribution in [2.45, 2.75) is 6.54 Å². The average Bonchev–Trinajstić information content (AvgIpc) is 3.12. The predicted molar refractivity (Wildman–Crippen MR) is 93.8 cm³/mol. The van der Waals surface area contributed by atoms with Crippen LogP contribution in [-0.4, -0.2) is 14.3 Å². The molecule has 0 amide bonds. The van der Waals surface area contributed by atoms with Crippen molar-refractivity contribution >= 4 is 21.6 Å². The SMILES string of the molecule is Cn1cc(-c2ccc(Cn3c(=O)sc4ccccc43)cc2)cn1. The molecular formula is C18H15N3OS. The molecule has 4 nitrogen and oxygen atoms in total. The van der Waals surface area contributed by atoms with Crippen molar-refractivity contribution in [3.63, 3.8) is 0 Å². The van der Waals surface area contributed by atoms with Crippen molar-refractivity contribution in [3.8, 4) is 11.1 Å². The maximum absolute atomic E-state index is 12.2. The first-order valence-electron chi connectivity index (χ1n) is 7.37. The Morgan fingerprint density at radius 2 is 1.83 bits per heavy atom. The molecule has 4 aromatic rings. The highest BCUT2D eigenvalue weighted by atomic mass is 32.1. The second-order valence-corrected chi connectivity index (χ2v) is 6.51. The van der Waals surface area contributed by atoms with Crippen LogP contribution in [0.5, 0.6) is 0 Å². The summed E-state index contributed by atoms with van der Waals surface area (Å²) >= 11 is 1.30. The van der Waals surface area contributed by atoms with Crippen LogP contribution in [0.2, 0.25) is 0 Å². The highest BCUT2D eigenvalue weighted by Gasteiger charge is 2.07. The number of aromatic nitrogens is 3. The monoisotopic (exact) mass is 321 g/mol. The molecule has 114 valence electrons. The predicted octanol–water partition coefficient (Wildman–Crippen LogP) is 3.51. The van der Waals surface area contributed by atoms with Gasteiger partial charge in [0.25, 0.3) is 0 Å². The average molecular weight is 321 g/mol. The lowest BCUT2D eigenvalue weighted by molar-refractivity contribution is 0.768. The molecule has 4 rings (SSSR count). The van der Waals surface area contributed by atoms with Crippen molar-refractivity contribution in [1.29, 1.82) is 0 Å². The highest BCUT2D eigenvalue weighted by Crippen LogP contribution is 2.21. The summed E-state index contributed by atoms with van der Waals surface area (Å²) in [5, 5.41) is 4.19. The van der Waals surface area contributed by atoms with E-state index in [9.17, 15) is 4.79 Å². The minimum absolute atomic E-state index is 0.0857. The van der Waals surface area contributed by atoms with E-state index in [2.05, 4.69) is 29.4 Å². The van der Waals surface area contributed by atoms with Crippen molar-refractivity contribution in [1.82, 2.24) is 14.3 Å². The number of hydrogen-bond donors (Lipinski definition) is 0. The maximum Gasteiger partial charge on any atom is 0.308 e. The smallest absolute Gasteiger partial charge is 0.294 e. The van der Waals surface area contributed by atoms with Crippen LogP contribution in [0.15, 0.2) is 65.7 Å². The summed E-state index contributed by atoms with van der Waals surface area (Å²) < 4.78 is 4.66. The van der Waals surface area contributed by atoms with Gasteiger partial charge in [0.1, 0.15) is 0 Å².